The Bertz CT molecular complexity index is 1200. The van der Waals surface area contributed by atoms with Crippen molar-refractivity contribution in [3.63, 3.8) is 0 Å². The highest BCUT2D eigenvalue weighted by Crippen LogP contribution is 2.35. The molecule has 2 heterocycles. The van der Waals surface area contributed by atoms with E-state index in [4.69, 9.17) is 0 Å². The highest BCUT2D eigenvalue weighted by molar-refractivity contribution is 5.76. The third-order valence-corrected chi connectivity index (χ3v) is 6.26. The first-order valence-electron chi connectivity index (χ1n) is 11.7. The Morgan fingerprint density at radius 1 is 1.22 bits per heavy atom. The fourth-order valence-electron chi connectivity index (χ4n) is 4.50. The molecule has 1 aromatic carbocycles. The van der Waals surface area contributed by atoms with Gasteiger partial charge in [-0.05, 0) is 25.3 Å². The molecule has 14 heteroatoms. The smallest absolute Gasteiger partial charge is 0.406 e. The van der Waals surface area contributed by atoms with Gasteiger partial charge in [-0.2, -0.15) is 0 Å². The molecule has 2 fully saturated rings. The van der Waals surface area contributed by atoms with E-state index in [0.717, 1.165) is 25.0 Å². The second-order valence-electron chi connectivity index (χ2n) is 8.96. The second kappa shape index (κ2) is 10.6. The quantitative estimate of drug-likeness (QED) is 0.500. The number of aromatic amines is 1. The number of carbonyl (C=O) groups excluding carboxylic acids is 2. The summed E-state index contributed by atoms with van der Waals surface area (Å²) in [6.45, 7) is 0.277. The van der Waals surface area contributed by atoms with Crippen molar-refractivity contribution in [3.8, 4) is 5.75 Å². The van der Waals surface area contributed by atoms with Gasteiger partial charge in [0.15, 0.2) is 0 Å². The highest BCUT2D eigenvalue weighted by Gasteiger charge is 2.42. The molecule has 1 aliphatic carbocycles. The number of nitrogens with one attached hydrogen (secondary N) is 3. The zero-order valence-electron chi connectivity index (χ0n) is 19.8. The molecular weight excluding hydrogens is 500 g/mol. The van der Waals surface area contributed by atoms with Crippen molar-refractivity contribution in [3.05, 3.63) is 58.0 Å². The van der Waals surface area contributed by atoms with Gasteiger partial charge in [0.2, 0.25) is 0 Å². The van der Waals surface area contributed by atoms with Crippen LogP contribution in [-0.4, -0.2) is 70.4 Å². The molecule has 1 unspecified atom stereocenters. The van der Waals surface area contributed by atoms with Gasteiger partial charge in [0.25, 0.3) is 5.56 Å². The van der Waals surface area contributed by atoms with Crippen molar-refractivity contribution >= 4 is 12.1 Å². The minimum Gasteiger partial charge on any atom is -0.406 e. The van der Waals surface area contributed by atoms with Crippen molar-refractivity contribution in [2.45, 2.75) is 50.2 Å². The topological polar surface area (TPSA) is 120 Å². The molecule has 37 heavy (non-hydrogen) atoms. The van der Waals surface area contributed by atoms with Crippen LogP contribution < -0.4 is 20.9 Å². The standard InChI is InChI=1S/C23H26F4N6O4/c1-28-21(35)32-11-14(20-29-7-6-19(34)31-20)8-16(12-32)33(15-3-4-15)22(36)30-10-13-2-5-17(9-18(13)24)37-23(25,26)27/h2,5-7,9,14-16H,3-4,8,10-12H2,1H3,(H,28,35)(H,30,36)(H,29,31,34)/t14?,16-/m1/s1. The fraction of sp³-hybridized carbons (Fsp3) is 0.478. The summed E-state index contributed by atoms with van der Waals surface area (Å²) in [6, 6.07) is 2.64. The van der Waals surface area contributed by atoms with Gasteiger partial charge in [-0.3, -0.25) is 4.79 Å². The number of aromatic nitrogens is 2. The van der Waals surface area contributed by atoms with E-state index in [2.05, 4.69) is 25.3 Å². The Labute approximate surface area is 209 Å². The molecule has 1 aromatic heterocycles. The molecule has 0 radical (unpaired) electrons. The number of rotatable bonds is 6. The number of piperidine rings is 1. The Morgan fingerprint density at radius 2 is 1.97 bits per heavy atom. The summed E-state index contributed by atoms with van der Waals surface area (Å²) in [4.78, 5) is 47.6. The van der Waals surface area contributed by atoms with Crippen LogP contribution in [0, 0.1) is 5.82 Å². The normalized spacial score (nSPS) is 19.8. The van der Waals surface area contributed by atoms with E-state index in [0.29, 0.717) is 24.9 Å². The number of H-pyrrole nitrogens is 1. The van der Waals surface area contributed by atoms with E-state index < -0.39 is 30.0 Å². The zero-order valence-corrected chi connectivity index (χ0v) is 19.8. The summed E-state index contributed by atoms with van der Waals surface area (Å²) in [7, 11) is 1.49. The molecule has 0 bridgehead atoms. The monoisotopic (exact) mass is 526 g/mol. The number of likely N-dealkylation sites (tertiary alicyclic amines) is 1. The third-order valence-electron chi connectivity index (χ3n) is 6.26. The van der Waals surface area contributed by atoms with Crippen molar-refractivity contribution in [2.75, 3.05) is 20.1 Å². The largest absolute Gasteiger partial charge is 0.573 e. The van der Waals surface area contributed by atoms with Crippen LogP contribution in [0.5, 0.6) is 5.75 Å². The van der Waals surface area contributed by atoms with Gasteiger partial charge in [0.05, 0.1) is 6.04 Å². The maximum absolute atomic E-state index is 14.4. The summed E-state index contributed by atoms with van der Waals surface area (Å²) in [5, 5.41) is 5.22. The number of benzene rings is 1. The van der Waals surface area contributed by atoms with E-state index in [1.807, 2.05) is 0 Å². The Kier molecular flexibility index (Phi) is 7.55. The predicted octanol–water partition coefficient (Wildman–Crippen LogP) is 2.68. The molecule has 10 nitrogen and oxygen atoms in total. The molecule has 3 N–H and O–H groups in total. The van der Waals surface area contributed by atoms with Gasteiger partial charge >= 0.3 is 18.4 Å². The predicted molar refractivity (Wildman–Crippen MR) is 122 cm³/mol. The van der Waals surface area contributed by atoms with Crippen molar-refractivity contribution < 1.29 is 31.9 Å². The molecule has 1 saturated heterocycles. The molecule has 2 atom stereocenters. The highest BCUT2D eigenvalue weighted by atomic mass is 19.4. The molecule has 200 valence electrons. The minimum atomic E-state index is -4.95. The number of carbonyl (C=O) groups is 2. The SMILES string of the molecule is CNC(=O)N1CC(c2nccc(=O)[nH]2)C[C@@H](N(C(=O)NCc2ccc(OC(F)(F)F)cc2F)C2CC2)C1. The molecule has 1 saturated carbocycles. The van der Waals surface area contributed by atoms with Gasteiger partial charge in [-0.15, -0.1) is 13.2 Å². The zero-order chi connectivity index (χ0) is 26.7. The van der Waals surface area contributed by atoms with Crippen LogP contribution in [0.4, 0.5) is 27.2 Å². The van der Waals surface area contributed by atoms with Gasteiger partial charge < -0.3 is 30.2 Å². The van der Waals surface area contributed by atoms with Crippen LogP contribution in [0.2, 0.25) is 0 Å². The number of nitrogens with zero attached hydrogens (tertiary/aromatic N) is 3. The minimum absolute atomic E-state index is 0.0156. The lowest BCUT2D eigenvalue weighted by atomic mass is 9.92. The average Bonchev–Trinajstić information content (AvgIpc) is 3.67. The summed E-state index contributed by atoms with van der Waals surface area (Å²) >= 11 is 0. The lowest BCUT2D eigenvalue weighted by Gasteiger charge is -2.42. The number of urea groups is 2. The Balaban J connectivity index is 1.49. The summed E-state index contributed by atoms with van der Waals surface area (Å²) in [5.74, 6) is -1.58. The van der Waals surface area contributed by atoms with Crippen LogP contribution >= 0.6 is 0 Å². The molecule has 1 aliphatic heterocycles. The van der Waals surface area contributed by atoms with Crippen LogP contribution in [-0.2, 0) is 6.54 Å². The van der Waals surface area contributed by atoms with Gasteiger partial charge in [0, 0.05) is 62.5 Å². The van der Waals surface area contributed by atoms with Gasteiger partial charge in [-0.25, -0.2) is 19.0 Å². The van der Waals surface area contributed by atoms with E-state index in [1.54, 1.807) is 9.80 Å². The lowest BCUT2D eigenvalue weighted by Crippen LogP contribution is -2.57. The average molecular weight is 526 g/mol. The number of halogens is 4. The summed E-state index contributed by atoms with van der Waals surface area (Å²) < 4.78 is 55.2. The van der Waals surface area contributed by atoms with E-state index in [1.165, 1.54) is 19.3 Å². The molecular formula is C23H26F4N6O4. The molecule has 2 aliphatic rings. The Morgan fingerprint density at radius 3 is 2.59 bits per heavy atom. The van der Waals surface area contributed by atoms with E-state index in [9.17, 15) is 31.9 Å². The van der Waals surface area contributed by atoms with Crippen molar-refractivity contribution in [1.29, 1.82) is 0 Å². The first-order valence-corrected chi connectivity index (χ1v) is 11.7. The van der Waals surface area contributed by atoms with Crippen molar-refractivity contribution in [2.24, 2.45) is 0 Å². The van der Waals surface area contributed by atoms with Crippen LogP contribution in [0.25, 0.3) is 0 Å². The number of hydrogen-bond acceptors (Lipinski definition) is 5. The number of hydrogen-bond donors (Lipinski definition) is 3. The van der Waals surface area contributed by atoms with Crippen LogP contribution in [0.1, 0.15) is 36.6 Å². The first-order chi connectivity index (χ1) is 17.5. The fourth-order valence-corrected chi connectivity index (χ4v) is 4.50. The second-order valence-corrected chi connectivity index (χ2v) is 8.96. The third kappa shape index (κ3) is 6.68. The number of amides is 4. The van der Waals surface area contributed by atoms with E-state index in [-0.39, 0.29) is 42.2 Å². The maximum Gasteiger partial charge on any atom is 0.573 e. The number of ether oxygens (including phenoxy) is 1. The Hall–Kier alpha value is -3.84. The summed E-state index contributed by atoms with van der Waals surface area (Å²) in [6.07, 6.45) is -1.62. The van der Waals surface area contributed by atoms with E-state index >= 15 is 0 Å². The maximum atomic E-state index is 14.4. The van der Waals surface area contributed by atoms with Crippen LogP contribution in [0.3, 0.4) is 0 Å². The first kappa shape index (κ1) is 26.2. The molecule has 2 aromatic rings. The van der Waals surface area contributed by atoms with Gasteiger partial charge in [-0.1, -0.05) is 6.07 Å². The molecule has 0 spiro atoms. The van der Waals surface area contributed by atoms with Gasteiger partial charge in [0.1, 0.15) is 17.4 Å². The lowest BCUT2D eigenvalue weighted by molar-refractivity contribution is -0.274. The molecule has 4 amide bonds. The summed E-state index contributed by atoms with van der Waals surface area (Å²) in [5.41, 5.74) is -0.345. The number of alkyl halides is 3. The molecule has 4 rings (SSSR count). The van der Waals surface area contributed by atoms with Crippen molar-refractivity contribution in [1.82, 2.24) is 30.4 Å². The van der Waals surface area contributed by atoms with Crippen LogP contribution in [0.15, 0.2) is 35.3 Å².